The van der Waals surface area contributed by atoms with Crippen molar-refractivity contribution in [3.8, 4) is 17.6 Å². The molecule has 2 aliphatic rings. The van der Waals surface area contributed by atoms with Gasteiger partial charge in [0.15, 0.2) is 0 Å². The fraction of sp³-hybridized carbons (Fsp3) is 0.558. The standard InChI is InChI=1S/C43H59NO7/c1-3-4-6-13-35(46)22-18-31-17-16-30-11-9-10-14-38(30)33-21-25-40(32-19-23-36(47)24-20-32)43(2,51)29-44-42(39(31)27-37(48)28-45)34(26-33)12-7-5-8-15-41(49)50/h9-11,14,18-20,22-24,33-35,37,40,42,44-48,51H,3-8,12-13,15-17,26-29H2,1-2H3,(H,49,50)/b22-18+,39-31+/t33-,34+,35+,37+,40+,42+,43-/m1/s1. The Hall–Kier alpha value is -3.45. The lowest BCUT2D eigenvalue weighted by molar-refractivity contribution is -0.137. The number of allylic oxidation sites excluding steroid dienone is 2. The molecule has 0 amide bonds. The van der Waals surface area contributed by atoms with Crippen LogP contribution in [0.1, 0.15) is 119 Å². The van der Waals surface area contributed by atoms with Crippen LogP contribution in [0, 0.1) is 17.8 Å². The van der Waals surface area contributed by atoms with Crippen molar-refractivity contribution in [1.29, 1.82) is 0 Å². The molecule has 1 aliphatic carbocycles. The zero-order valence-electron chi connectivity index (χ0n) is 30.4. The number of fused-ring (bicyclic) bond motifs is 5. The van der Waals surface area contributed by atoms with E-state index in [0.717, 1.165) is 67.2 Å². The van der Waals surface area contributed by atoms with Gasteiger partial charge in [-0.1, -0.05) is 99.4 Å². The first-order valence-corrected chi connectivity index (χ1v) is 18.9. The number of hydrogen-bond acceptors (Lipinski definition) is 7. The zero-order chi connectivity index (χ0) is 36.8. The quantitative estimate of drug-likeness (QED) is 0.0774. The largest absolute Gasteiger partial charge is 0.508 e. The molecular weight excluding hydrogens is 642 g/mol. The third-order valence-electron chi connectivity index (χ3n) is 10.6. The molecule has 2 bridgehead atoms. The molecule has 2 aromatic rings. The Bertz CT molecular complexity index is 1520. The van der Waals surface area contributed by atoms with Crippen molar-refractivity contribution < 1.29 is 35.4 Å². The van der Waals surface area contributed by atoms with Crippen LogP contribution >= 0.6 is 0 Å². The van der Waals surface area contributed by atoms with E-state index < -0.39 is 36.3 Å². The summed E-state index contributed by atoms with van der Waals surface area (Å²) in [6, 6.07) is 14.9. The molecule has 278 valence electrons. The van der Waals surface area contributed by atoms with Gasteiger partial charge in [0.1, 0.15) is 5.75 Å². The molecule has 8 nitrogen and oxygen atoms in total. The van der Waals surface area contributed by atoms with Gasteiger partial charge in [0.2, 0.25) is 0 Å². The molecule has 7 N–H and O–H groups in total. The predicted octanol–water partition coefficient (Wildman–Crippen LogP) is 6.51. The fourth-order valence-corrected chi connectivity index (χ4v) is 7.71. The van der Waals surface area contributed by atoms with E-state index in [4.69, 9.17) is 0 Å². The van der Waals surface area contributed by atoms with Crippen LogP contribution in [-0.4, -0.2) is 73.6 Å². The Balaban J connectivity index is 1.90. The van der Waals surface area contributed by atoms with Crippen LogP contribution in [-0.2, 0) is 11.2 Å². The number of carboxylic acids is 1. The average molecular weight is 702 g/mol. The van der Waals surface area contributed by atoms with E-state index in [-0.39, 0.29) is 43.0 Å². The maximum Gasteiger partial charge on any atom is 0.303 e. The number of benzene rings is 2. The summed E-state index contributed by atoms with van der Waals surface area (Å²) in [5.74, 6) is 5.71. The summed E-state index contributed by atoms with van der Waals surface area (Å²) in [5, 5.41) is 67.3. The van der Waals surface area contributed by atoms with Gasteiger partial charge in [-0.05, 0) is 97.8 Å². The number of rotatable bonds is 16. The Morgan fingerprint density at radius 1 is 1.02 bits per heavy atom. The highest BCUT2D eigenvalue weighted by atomic mass is 16.4. The van der Waals surface area contributed by atoms with E-state index in [9.17, 15) is 35.4 Å². The molecule has 0 unspecified atom stereocenters. The second-order valence-electron chi connectivity index (χ2n) is 14.8. The third kappa shape index (κ3) is 12.1. The van der Waals surface area contributed by atoms with Crippen LogP contribution in [0.15, 0.2) is 71.8 Å². The van der Waals surface area contributed by atoms with Crippen LogP contribution in [0.3, 0.4) is 0 Å². The zero-order valence-corrected chi connectivity index (χ0v) is 30.4. The van der Waals surface area contributed by atoms with Crippen molar-refractivity contribution in [2.45, 2.75) is 133 Å². The number of aryl methyl sites for hydroxylation is 1. The number of hydrogen-bond donors (Lipinski definition) is 7. The highest BCUT2D eigenvalue weighted by Gasteiger charge is 2.38. The van der Waals surface area contributed by atoms with E-state index >= 15 is 0 Å². The molecule has 0 aromatic heterocycles. The van der Waals surface area contributed by atoms with E-state index in [1.165, 1.54) is 5.56 Å². The van der Waals surface area contributed by atoms with Gasteiger partial charge in [-0.3, -0.25) is 4.79 Å². The van der Waals surface area contributed by atoms with Gasteiger partial charge < -0.3 is 36.0 Å². The number of aromatic hydroxyl groups is 1. The number of aliphatic hydroxyl groups excluding tert-OH is 3. The predicted molar refractivity (Wildman–Crippen MR) is 201 cm³/mol. The highest BCUT2D eigenvalue weighted by molar-refractivity contribution is 5.66. The second-order valence-corrected chi connectivity index (χ2v) is 14.8. The Morgan fingerprint density at radius 3 is 2.51 bits per heavy atom. The van der Waals surface area contributed by atoms with E-state index in [2.05, 4.69) is 36.2 Å². The van der Waals surface area contributed by atoms with Crippen molar-refractivity contribution >= 4 is 5.97 Å². The molecule has 1 aliphatic heterocycles. The Kier molecular flexibility index (Phi) is 15.8. The van der Waals surface area contributed by atoms with Gasteiger partial charge in [0.25, 0.3) is 0 Å². The summed E-state index contributed by atoms with van der Waals surface area (Å²) in [6.45, 7) is 3.70. The molecule has 8 heteroatoms. The number of carbonyl (C=O) groups is 1. The lowest BCUT2D eigenvalue weighted by atomic mass is 9.73. The number of unbranched alkanes of at least 4 members (excludes halogenated alkanes) is 4. The van der Waals surface area contributed by atoms with Crippen molar-refractivity contribution in [3.05, 3.63) is 88.5 Å². The summed E-state index contributed by atoms with van der Waals surface area (Å²) in [5.41, 5.74) is 3.73. The first kappa shape index (κ1) is 40.3. The number of phenolic OH excluding ortho intramolecular Hbond substituents is 1. The SMILES string of the molecule is CCCCC[C@H](O)/C=C/C1=C(\C[C@H](O)CO)[C@H]2NC[C@@](C)(O)[C@H](c3ccc(O)cc3)C#C[C@H](C[C@@H]2CCCCCC(=O)O)c2ccccc2CC1. The molecule has 4 rings (SSSR count). The smallest absolute Gasteiger partial charge is 0.303 e. The minimum Gasteiger partial charge on any atom is -0.508 e. The normalized spacial score (nSPS) is 26.5. The molecule has 0 spiro atoms. The lowest BCUT2D eigenvalue weighted by Crippen LogP contribution is -2.50. The topological polar surface area (TPSA) is 150 Å². The van der Waals surface area contributed by atoms with Gasteiger partial charge in [-0.2, -0.15) is 0 Å². The maximum atomic E-state index is 12.2. The molecule has 2 aromatic carbocycles. The van der Waals surface area contributed by atoms with Crippen LogP contribution in [0.5, 0.6) is 5.75 Å². The summed E-state index contributed by atoms with van der Waals surface area (Å²) in [4.78, 5) is 11.3. The highest BCUT2D eigenvalue weighted by Crippen LogP contribution is 2.39. The maximum absolute atomic E-state index is 12.2. The van der Waals surface area contributed by atoms with E-state index in [1.807, 2.05) is 24.3 Å². The number of β-amino-alcohol motifs (C(OH)–C–C–N with tert-alkyl or cyclic N) is 1. The Labute approximate surface area is 304 Å². The van der Waals surface area contributed by atoms with Gasteiger partial charge in [-0.15, -0.1) is 0 Å². The molecule has 7 atom stereocenters. The minimum atomic E-state index is -1.33. The van der Waals surface area contributed by atoms with Crippen molar-refractivity contribution in [1.82, 2.24) is 5.32 Å². The van der Waals surface area contributed by atoms with Gasteiger partial charge in [0, 0.05) is 24.9 Å². The molecule has 0 fully saturated rings. The number of aliphatic carboxylic acids is 1. The van der Waals surface area contributed by atoms with Crippen molar-refractivity contribution in [2.75, 3.05) is 13.2 Å². The van der Waals surface area contributed by atoms with Crippen LogP contribution in [0.25, 0.3) is 0 Å². The molecule has 1 heterocycles. The summed E-state index contributed by atoms with van der Waals surface area (Å²) >= 11 is 0. The molecule has 0 radical (unpaired) electrons. The summed E-state index contributed by atoms with van der Waals surface area (Å²) < 4.78 is 0. The molecular formula is C43H59NO7. The van der Waals surface area contributed by atoms with Gasteiger partial charge >= 0.3 is 5.97 Å². The summed E-state index contributed by atoms with van der Waals surface area (Å²) in [6.07, 6.45) is 11.3. The van der Waals surface area contributed by atoms with Gasteiger partial charge in [-0.25, -0.2) is 0 Å². The second kappa shape index (κ2) is 20.0. The Morgan fingerprint density at radius 2 is 1.78 bits per heavy atom. The number of nitrogens with one attached hydrogen (secondary N) is 1. The first-order valence-electron chi connectivity index (χ1n) is 18.9. The van der Waals surface area contributed by atoms with E-state index in [1.54, 1.807) is 31.2 Å². The van der Waals surface area contributed by atoms with Crippen LogP contribution < -0.4 is 5.32 Å². The van der Waals surface area contributed by atoms with Crippen molar-refractivity contribution in [2.24, 2.45) is 5.92 Å². The third-order valence-corrected chi connectivity index (χ3v) is 10.6. The number of carboxylic acid groups (broad SMARTS) is 1. The number of aliphatic hydroxyl groups is 4. The number of phenols is 1. The lowest BCUT2D eigenvalue weighted by Gasteiger charge is -2.39. The average Bonchev–Trinajstić information content (AvgIpc) is 3.10. The summed E-state index contributed by atoms with van der Waals surface area (Å²) in [7, 11) is 0. The van der Waals surface area contributed by atoms with Crippen LogP contribution in [0.2, 0.25) is 0 Å². The van der Waals surface area contributed by atoms with Gasteiger partial charge in [0.05, 0.1) is 30.3 Å². The van der Waals surface area contributed by atoms with E-state index in [0.29, 0.717) is 25.7 Å². The molecule has 0 saturated heterocycles. The minimum absolute atomic E-state index is 0.0000714. The molecule has 51 heavy (non-hydrogen) atoms. The first-order chi connectivity index (χ1) is 24.5. The molecule has 0 saturated carbocycles. The van der Waals surface area contributed by atoms with Crippen LogP contribution in [0.4, 0.5) is 0 Å². The fourth-order valence-electron chi connectivity index (χ4n) is 7.71. The van der Waals surface area contributed by atoms with Crippen molar-refractivity contribution in [3.63, 3.8) is 0 Å². The monoisotopic (exact) mass is 701 g/mol.